The van der Waals surface area contributed by atoms with Crippen molar-refractivity contribution in [2.45, 2.75) is 0 Å². The summed E-state index contributed by atoms with van der Waals surface area (Å²) in [5.41, 5.74) is 8.46. The first-order valence-electron chi connectivity index (χ1n) is 13.6. The minimum atomic E-state index is 0.892. The molecule has 9 rings (SSSR count). The molecule has 0 N–H and O–H groups in total. The maximum absolute atomic E-state index is 6.34. The summed E-state index contributed by atoms with van der Waals surface area (Å²) in [4.78, 5) is 0. The summed E-state index contributed by atoms with van der Waals surface area (Å²) in [6.07, 6.45) is 0. The van der Waals surface area contributed by atoms with Crippen molar-refractivity contribution in [3.05, 3.63) is 154 Å². The third kappa shape index (κ3) is 2.88. The Hall–Kier alpha value is -5.34. The van der Waals surface area contributed by atoms with Gasteiger partial charge >= 0.3 is 22.3 Å². The van der Waals surface area contributed by atoms with E-state index in [1.165, 1.54) is 43.1 Å². The highest BCUT2D eigenvalue weighted by molar-refractivity contribution is 6.10. The Balaban J connectivity index is 1.50. The molecule has 8 aromatic rings. The van der Waals surface area contributed by atoms with Crippen LogP contribution in [0, 0.1) is 20.9 Å². The highest BCUT2D eigenvalue weighted by Gasteiger charge is 2.24. The van der Waals surface area contributed by atoms with Gasteiger partial charge in [0.15, 0.2) is 0 Å². The fraction of sp³-hybridized carbons (Fsp3) is 0. The monoisotopic (exact) mass is 510 g/mol. The fourth-order valence-electron chi connectivity index (χ4n) is 6.60. The van der Waals surface area contributed by atoms with Crippen LogP contribution in [0.25, 0.3) is 66.1 Å². The Labute approximate surface area is 229 Å². The summed E-state index contributed by atoms with van der Waals surface area (Å²) >= 11 is 0. The zero-order chi connectivity index (χ0) is 26.2. The van der Waals surface area contributed by atoms with E-state index >= 15 is 0 Å². The van der Waals surface area contributed by atoms with Crippen LogP contribution in [-0.2, 0) is 0 Å². The van der Waals surface area contributed by atoms with Gasteiger partial charge in [-0.2, -0.15) is 0 Å². The minimum absolute atomic E-state index is 0.892. The predicted octanol–water partition coefficient (Wildman–Crippen LogP) is 10.3. The Morgan fingerprint density at radius 1 is 0.300 bits per heavy atom. The molecule has 40 heavy (non-hydrogen) atoms. The first-order chi connectivity index (χ1) is 19.9. The lowest BCUT2D eigenvalue weighted by Gasteiger charge is -2.16. The van der Waals surface area contributed by atoms with Gasteiger partial charge in [0.1, 0.15) is 0 Å². The Morgan fingerprint density at radius 3 is 0.975 bits per heavy atom. The van der Waals surface area contributed by atoms with Crippen LogP contribution in [-0.4, -0.2) is 0 Å². The first kappa shape index (κ1) is 21.6. The van der Waals surface area contributed by atoms with E-state index < -0.39 is 0 Å². The van der Waals surface area contributed by atoms with E-state index in [9.17, 15) is 0 Å². The molecule has 0 fully saturated rings. The highest BCUT2D eigenvalue weighted by atomic mass is 16.3. The molecule has 2 heteroatoms. The quantitative estimate of drug-likeness (QED) is 0.170. The molecule has 0 aliphatic heterocycles. The van der Waals surface area contributed by atoms with Crippen LogP contribution in [0.4, 0.5) is 0 Å². The van der Waals surface area contributed by atoms with E-state index in [0.29, 0.717) is 0 Å². The molecule has 0 unspecified atom stereocenters. The second kappa shape index (κ2) is 8.08. The molecule has 2 nitrogen and oxygen atoms in total. The van der Waals surface area contributed by atoms with Gasteiger partial charge in [0.25, 0.3) is 0 Å². The molecule has 1 aliphatic rings. The van der Waals surface area contributed by atoms with Crippen LogP contribution < -0.4 is 0 Å². The number of fused-ring (bicyclic) bond motifs is 6. The van der Waals surface area contributed by atoms with Crippen LogP contribution in [0.2, 0.25) is 0 Å². The molecule has 6 aromatic carbocycles. The molecule has 0 radical (unpaired) electrons. The molecule has 184 valence electrons. The maximum Gasteiger partial charge on any atom is 0.361 e. The summed E-state index contributed by atoms with van der Waals surface area (Å²) in [6, 6.07) is 46.9. The van der Waals surface area contributed by atoms with E-state index in [1.54, 1.807) is 0 Å². The SMILES string of the molecule is c1cc(-c2c3ccccc3[o+]c3ccccc23)c2c(c1)=c1cccc(-c3c4ccccc4[o+]c4ccccc34)c1=2. The largest absolute Gasteiger partial charge is 0.361 e. The third-order valence-electron chi connectivity index (χ3n) is 8.27. The van der Waals surface area contributed by atoms with E-state index in [2.05, 4.69) is 109 Å². The van der Waals surface area contributed by atoms with Gasteiger partial charge in [0, 0.05) is 35.4 Å². The number of benzene rings is 6. The molecule has 0 amide bonds. The van der Waals surface area contributed by atoms with Crippen molar-refractivity contribution in [1.82, 2.24) is 0 Å². The van der Waals surface area contributed by atoms with Crippen molar-refractivity contribution in [3.8, 4) is 22.3 Å². The zero-order valence-electron chi connectivity index (χ0n) is 21.5. The number of rotatable bonds is 2. The van der Waals surface area contributed by atoms with Gasteiger partial charge in [-0.3, -0.25) is 0 Å². The van der Waals surface area contributed by atoms with Gasteiger partial charge in [-0.15, -0.1) is 0 Å². The van der Waals surface area contributed by atoms with Crippen LogP contribution in [0.3, 0.4) is 0 Å². The van der Waals surface area contributed by atoms with Gasteiger partial charge in [0.2, 0.25) is 0 Å². The second-order valence-electron chi connectivity index (χ2n) is 10.4. The lowest BCUT2D eigenvalue weighted by molar-refractivity contribution is 0.660. The van der Waals surface area contributed by atoms with E-state index in [-0.39, 0.29) is 0 Å². The number of hydrogen-bond donors (Lipinski definition) is 0. The normalized spacial score (nSPS) is 12.0. The summed E-state index contributed by atoms with van der Waals surface area (Å²) in [5.74, 6) is 0. The maximum atomic E-state index is 6.34. The van der Waals surface area contributed by atoms with Gasteiger partial charge in [-0.25, -0.2) is 8.83 Å². The smallest absolute Gasteiger partial charge is 0.207 e. The van der Waals surface area contributed by atoms with E-state index in [1.807, 2.05) is 24.3 Å². The van der Waals surface area contributed by atoms with Crippen LogP contribution in [0.5, 0.6) is 0 Å². The van der Waals surface area contributed by atoms with Gasteiger partial charge < -0.3 is 0 Å². The number of para-hydroxylation sites is 4. The average molecular weight is 511 g/mol. The Bertz CT molecular complexity index is 2260. The van der Waals surface area contributed by atoms with Crippen molar-refractivity contribution in [1.29, 1.82) is 0 Å². The van der Waals surface area contributed by atoms with Crippen LogP contribution >= 0.6 is 0 Å². The van der Waals surface area contributed by atoms with E-state index in [0.717, 1.165) is 43.9 Å². The van der Waals surface area contributed by atoms with Crippen molar-refractivity contribution < 1.29 is 8.83 Å². The summed E-state index contributed by atoms with van der Waals surface area (Å²) < 4.78 is 12.7. The predicted molar refractivity (Wildman–Crippen MR) is 162 cm³/mol. The van der Waals surface area contributed by atoms with Gasteiger partial charge in [0.05, 0.1) is 21.5 Å². The van der Waals surface area contributed by atoms with Crippen molar-refractivity contribution in [2.24, 2.45) is 0 Å². The average Bonchev–Trinajstić information content (AvgIpc) is 3.00. The standard InChI is InChI=1S/C38H22O2/c1-5-19-31-25(11-1)35(26-12-2-6-20-32(26)39-31)29-17-9-15-23-24-16-10-18-30(38(24)37(23)29)36-27-13-3-7-21-33(27)40-34-22-8-4-14-28(34)36/h1-22H/q+2. The minimum Gasteiger partial charge on any atom is -0.207 e. The fourth-order valence-corrected chi connectivity index (χ4v) is 6.60. The van der Waals surface area contributed by atoms with Gasteiger partial charge in [-0.05, 0) is 56.3 Å². The van der Waals surface area contributed by atoms with Gasteiger partial charge in [-0.1, -0.05) is 84.9 Å². The second-order valence-corrected chi connectivity index (χ2v) is 10.4. The molecule has 0 saturated heterocycles. The van der Waals surface area contributed by atoms with Crippen LogP contribution in [0.15, 0.2) is 142 Å². The molecule has 0 atom stereocenters. The summed E-state index contributed by atoms with van der Waals surface area (Å²) in [5, 5.41) is 9.65. The molecular formula is C38H22O2+2. The zero-order valence-corrected chi connectivity index (χ0v) is 21.5. The summed E-state index contributed by atoms with van der Waals surface area (Å²) in [7, 11) is 0. The lowest BCUT2D eigenvalue weighted by Crippen LogP contribution is -1.99. The molecule has 0 spiro atoms. The molecule has 0 saturated carbocycles. The van der Waals surface area contributed by atoms with Crippen molar-refractivity contribution in [3.63, 3.8) is 0 Å². The summed E-state index contributed by atoms with van der Waals surface area (Å²) in [6.45, 7) is 0. The molecule has 0 bridgehead atoms. The topological polar surface area (TPSA) is 22.6 Å². The van der Waals surface area contributed by atoms with E-state index in [4.69, 9.17) is 8.83 Å². The number of hydrogen-bond acceptors (Lipinski definition) is 0. The molecular weight excluding hydrogens is 488 g/mol. The molecule has 2 heterocycles. The Morgan fingerprint density at radius 2 is 0.625 bits per heavy atom. The lowest BCUT2D eigenvalue weighted by atomic mass is 9.86. The highest BCUT2D eigenvalue weighted by Crippen LogP contribution is 2.42. The van der Waals surface area contributed by atoms with Crippen molar-refractivity contribution in [2.75, 3.05) is 0 Å². The van der Waals surface area contributed by atoms with Crippen LogP contribution in [0.1, 0.15) is 0 Å². The third-order valence-corrected chi connectivity index (χ3v) is 8.27. The first-order valence-corrected chi connectivity index (χ1v) is 13.6. The molecule has 2 aromatic heterocycles. The Kier molecular flexibility index (Phi) is 4.36. The molecule has 1 aliphatic carbocycles. The van der Waals surface area contributed by atoms with Crippen molar-refractivity contribution >= 4 is 43.9 Å².